The van der Waals surface area contributed by atoms with Crippen LogP contribution in [0.4, 0.5) is 0 Å². The fourth-order valence-corrected chi connectivity index (χ4v) is 4.72. The predicted octanol–water partition coefficient (Wildman–Crippen LogP) is 10.9. The van der Waals surface area contributed by atoms with Crippen molar-refractivity contribution in [3.8, 4) is 0 Å². The van der Waals surface area contributed by atoms with E-state index in [1.54, 1.807) is 0 Å². The first-order chi connectivity index (χ1) is 18.6. The van der Waals surface area contributed by atoms with Gasteiger partial charge in [-0.05, 0) is 51.0 Å². The Labute approximate surface area is 236 Å². The maximum atomic E-state index is 12.5. The molecular formula is C34H62O4. The normalized spacial score (nSPS) is 12.5. The van der Waals surface area contributed by atoms with E-state index in [9.17, 15) is 9.59 Å². The second kappa shape index (κ2) is 30.0. The number of aliphatic carboxylic acids is 1. The molecule has 4 nitrogen and oxygen atoms in total. The van der Waals surface area contributed by atoms with Crippen molar-refractivity contribution in [1.29, 1.82) is 0 Å². The summed E-state index contributed by atoms with van der Waals surface area (Å²) < 4.78 is 5.86. The summed E-state index contributed by atoms with van der Waals surface area (Å²) in [5.41, 5.74) is 0. The summed E-state index contributed by atoms with van der Waals surface area (Å²) >= 11 is 0. The molecule has 0 aliphatic heterocycles. The molecule has 0 aliphatic rings. The van der Waals surface area contributed by atoms with Crippen molar-refractivity contribution in [3.05, 3.63) is 24.3 Å². The molecule has 1 N–H and O–H groups in total. The molecule has 1 atom stereocenters. The molecule has 0 saturated carbocycles. The van der Waals surface area contributed by atoms with Gasteiger partial charge in [-0.3, -0.25) is 9.59 Å². The van der Waals surface area contributed by atoms with Crippen molar-refractivity contribution in [3.63, 3.8) is 0 Å². The molecule has 0 amide bonds. The van der Waals surface area contributed by atoms with E-state index in [-0.39, 0.29) is 18.5 Å². The zero-order valence-corrected chi connectivity index (χ0v) is 25.2. The summed E-state index contributed by atoms with van der Waals surface area (Å²) in [4.78, 5) is 23.1. The number of unbranched alkanes of at least 4 members (excludes halogenated alkanes) is 18. The molecule has 38 heavy (non-hydrogen) atoms. The van der Waals surface area contributed by atoms with Gasteiger partial charge >= 0.3 is 11.9 Å². The number of carbonyl (C=O) groups is 2. The molecule has 0 heterocycles. The number of rotatable bonds is 29. The largest absolute Gasteiger partial charge is 0.481 e. The molecule has 4 heteroatoms. The number of allylic oxidation sites excluding steroid dienone is 3. The van der Waals surface area contributed by atoms with E-state index < -0.39 is 5.97 Å². The summed E-state index contributed by atoms with van der Waals surface area (Å²) in [5.74, 6) is -0.759. The number of ether oxygens (including phenoxy) is 1. The maximum absolute atomic E-state index is 12.5. The Morgan fingerprint density at radius 2 is 1.11 bits per heavy atom. The SMILES string of the molecule is CCCCC/C=C\C/C=C\C(CCCCCCCCC(=O)O)OC(=O)CCCCCCCCCCCCC. The summed E-state index contributed by atoms with van der Waals surface area (Å²) in [5, 5.41) is 8.73. The Kier molecular flexibility index (Phi) is 28.7. The van der Waals surface area contributed by atoms with E-state index >= 15 is 0 Å². The van der Waals surface area contributed by atoms with Gasteiger partial charge in [-0.25, -0.2) is 0 Å². The zero-order valence-electron chi connectivity index (χ0n) is 25.2. The number of carboxylic acids is 1. The third-order valence-electron chi connectivity index (χ3n) is 7.16. The quantitative estimate of drug-likeness (QED) is 0.0589. The van der Waals surface area contributed by atoms with Crippen LogP contribution in [0.1, 0.15) is 174 Å². The van der Waals surface area contributed by atoms with Crippen molar-refractivity contribution in [1.82, 2.24) is 0 Å². The fraction of sp³-hybridized carbons (Fsp3) is 0.824. The number of carbonyl (C=O) groups excluding carboxylic acids is 1. The van der Waals surface area contributed by atoms with Crippen LogP contribution in [-0.2, 0) is 14.3 Å². The molecule has 0 spiro atoms. The van der Waals surface area contributed by atoms with Crippen molar-refractivity contribution in [2.75, 3.05) is 0 Å². The number of carboxylic acid groups (broad SMARTS) is 1. The lowest BCUT2D eigenvalue weighted by atomic mass is 10.0. The minimum atomic E-state index is -0.703. The van der Waals surface area contributed by atoms with Crippen LogP contribution in [0.15, 0.2) is 24.3 Å². The Hall–Kier alpha value is -1.58. The van der Waals surface area contributed by atoms with Gasteiger partial charge in [0.05, 0.1) is 0 Å². The zero-order chi connectivity index (χ0) is 27.9. The highest BCUT2D eigenvalue weighted by atomic mass is 16.5. The van der Waals surface area contributed by atoms with Gasteiger partial charge in [0.15, 0.2) is 0 Å². The minimum absolute atomic E-state index is 0.0562. The monoisotopic (exact) mass is 534 g/mol. The van der Waals surface area contributed by atoms with Crippen LogP contribution < -0.4 is 0 Å². The molecule has 0 aromatic rings. The Balaban J connectivity index is 4.16. The summed E-state index contributed by atoms with van der Waals surface area (Å²) in [6.45, 7) is 4.49. The van der Waals surface area contributed by atoms with E-state index in [2.05, 4.69) is 38.2 Å². The Bertz CT molecular complexity index is 581. The van der Waals surface area contributed by atoms with E-state index in [0.29, 0.717) is 6.42 Å². The highest BCUT2D eigenvalue weighted by Gasteiger charge is 2.11. The Morgan fingerprint density at radius 1 is 0.605 bits per heavy atom. The van der Waals surface area contributed by atoms with Gasteiger partial charge in [-0.1, -0.05) is 135 Å². The predicted molar refractivity (Wildman–Crippen MR) is 163 cm³/mol. The smallest absolute Gasteiger partial charge is 0.306 e. The van der Waals surface area contributed by atoms with Crippen molar-refractivity contribution >= 4 is 11.9 Å². The first-order valence-electron chi connectivity index (χ1n) is 16.3. The van der Waals surface area contributed by atoms with Crippen LogP contribution in [0.5, 0.6) is 0 Å². The van der Waals surface area contributed by atoms with Crippen LogP contribution >= 0.6 is 0 Å². The molecule has 0 radical (unpaired) electrons. The van der Waals surface area contributed by atoms with E-state index in [4.69, 9.17) is 9.84 Å². The maximum Gasteiger partial charge on any atom is 0.306 e. The molecule has 0 aliphatic carbocycles. The van der Waals surface area contributed by atoms with E-state index in [1.165, 1.54) is 77.0 Å². The van der Waals surface area contributed by atoms with Crippen LogP contribution in [0.2, 0.25) is 0 Å². The topological polar surface area (TPSA) is 63.6 Å². The van der Waals surface area contributed by atoms with Crippen LogP contribution in [0.3, 0.4) is 0 Å². The molecule has 222 valence electrons. The average Bonchev–Trinajstić information content (AvgIpc) is 2.89. The van der Waals surface area contributed by atoms with E-state index in [0.717, 1.165) is 70.6 Å². The summed E-state index contributed by atoms with van der Waals surface area (Å²) in [6, 6.07) is 0. The van der Waals surface area contributed by atoms with Crippen molar-refractivity contribution < 1.29 is 19.4 Å². The molecule has 0 rings (SSSR count). The summed E-state index contributed by atoms with van der Waals surface area (Å²) in [7, 11) is 0. The molecule has 0 fully saturated rings. The Morgan fingerprint density at radius 3 is 1.68 bits per heavy atom. The lowest BCUT2D eigenvalue weighted by Gasteiger charge is -2.14. The molecule has 0 aromatic heterocycles. The standard InChI is InChI=1S/C34H62O4/c1-3-5-7-9-11-13-14-15-17-23-27-31-34(37)38-32(28-24-20-16-12-10-8-6-4-2)29-25-21-18-19-22-26-30-33(35)36/h12,16,24,28,32H,3-11,13-15,17-23,25-27,29-31H2,1-2H3,(H,35,36)/b16-12-,28-24-. The fourth-order valence-electron chi connectivity index (χ4n) is 4.72. The molecule has 0 saturated heterocycles. The minimum Gasteiger partial charge on any atom is -0.481 e. The first-order valence-corrected chi connectivity index (χ1v) is 16.3. The second-order valence-corrected chi connectivity index (χ2v) is 11.0. The first kappa shape index (κ1) is 36.4. The van der Waals surface area contributed by atoms with Gasteiger partial charge in [0, 0.05) is 12.8 Å². The van der Waals surface area contributed by atoms with Gasteiger partial charge in [-0.15, -0.1) is 0 Å². The molecular weight excluding hydrogens is 472 g/mol. The average molecular weight is 535 g/mol. The van der Waals surface area contributed by atoms with E-state index in [1.807, 2.05) is 0 Å². The number of hydrogen-bond acceptors (Lipinski definition) is 3. The third-order valence-corrected chi connectivity index (χ3v) is 7.16. The van der Waals surface area contributed by atoms with Crippen LogP contribution in [0.25, 0.3) is 0 Å². The molecule has 0 aromatic carbocycles. The van der Waals surface area contributed by atoms with Gasteiger partial charge < -0.3 is 9.84 Å². The summed E-state index contributed by atoms with van der Waals surface area (Å²) in [6.07, 6.45) is 36.2. The lowest BCUT2D eigenvalue weighted by Crippen LogP contribution is -2.16. The van der Waals surface area contributed by atoms with Gasteiger partial charge in [0.1, 0.15) is 6.10 Å². The lowest BCUT2D eigenvalue weighted by molar-refractivity contribution is -0.147. The van der Waals surface area contributed by atoms with Crippen molar-refractivity contribution in [2.24, 2.45) is 0 Å². The number of hydrogen-bond donors (Lipinski definition) is 1. The molecule has 0 bridgehead atoms. The highest BCUT2D eigenvalue weighted by Crippen LogP contribution is 2.15. The van der Waals surface area contributed by atoms with Crippen LogP contribution in [0, 0.1) is 0 Å². The molecule has 1 unspecified atom stereocenters. The van der Waals surface area contributed by atoms with Gasteiger partial charge in [0.25, 0.3) is 0 Å². The van der Waals surface area contributed by atoms with Gasteiger partial charge in [-0.2, -0.15) is 0 Å². The van der Waals surface area contributed by atoms with Gasteiger partial charge in [0.2, 0.25) is 0 Å². The van der Waals surface area contributed by atoms with Crippen LogP contribution in [-0.4, -0.2) is 23.1 Å². The highest BCUT2D eigenvalue weighted by molar-refractivity contribution is 5.69. The van der Waals surface area contributed by atoms with Crippen molar-refractivity contribution in [2.45, 2.75) is 180 Å². The second-order valence-electron chi connectivity index (χ2n) is 11.0. The number of esters is 1. The third kappa shape index (κ3) is 29.0.